The summed E-state index contributed by atoms with van der Waals surface area (Å²) in [6.45, 7) is 0. The van der Waals surface area contributed by atoms with Crippen LogP contribution in [0.4, 0.5) is 0 Å². The summed E-state index contributed by atoms with van der Waals surface area (Å²) in [4.78, 5) is 19.1. The Morgan fingerprint density at radius 1 is 0.625 bits per heavy atom. The Labute approximate surface area is 99.7 Å². The van der Waals surface area contributed by atoms with E-state index >= 15 is 0 Å². The molecule has 0 fully saturated rings. The zero-order chi connectivity index (χ0) is 6.57. The molecule has 11 nitrogen and oxygen atoms in total. The van der Waals surface area contributed by atoms with Crippen LogP contribution in [-0.4, -0.2) is 60.5 Å². The Hall–Kier alpha value is -1.09. The molecule has 0 spiro atoms. The van der Waals surface area contributed by atoms with Gasteiger partial charge in [0.25, 0.3) is 0 Å². The van der Waals surface area contributed by atoms with E-state index in [1.807, 2.05) is 0 Å². The molecule has 1 radical (unpaired) electrons. The summed E-state index contributed by atoms with van der Waals surface area (Å²) in [5.74, 6) is -2.51. The van der Waals surface area contributed by atoms with Crippen molar-refractivity contribution in [2.45, 2.75) is 0 Å². The monoisotopic (exact) mass is 301 g/mol. The van der Waals surface area contributed by atoms with Gasteiger partial charge in [0.15, 0.2) is 0 Å². The molecule has 16 N–H and O–H groups in total. The van der Waals surface area contributed by atoms with Crippen LogP contribution in [0.3, 0.4) is 0 Å². The number of carboxylic acid groups (broad SMARTS) is 2. The standard InChI is InChI=1S/C4H4O4.Co.7H2O/c5-3(6)1-2-4(7)8;;;;;;;;/h1-2H,(H,5,6)(H,7,8);;7*1H2/b2-1-;;;;;;;;. The fraction of sp³-hybridized carbons (Fsp3) is 0. The zero-order valence-electron chi connectivity index (χ0n) is 7.70. The van der Waals surface area contributed by atoms with Gasteiger partial charge >= 0.3 is 11.9 Å². The van der Waals surface area contributed by atoms with Gasteiger partial charge < -0.3 is 48.5 Å². The molecule has 0 atom stereocenters. The average molecular weight is 301 g/mol. The van der Waals surface area contributed by atoms with Crippen LogP contribution in [-0.2, 0) is 26.4 Å². The third kappa shape index (κ3) is 120. The third-order valence-electron chi connectivity index (χ3n) is 0.368. The minimum Gasteiger partial charge on any atom is -0.478 e. The van der Waals surface area contributed by atoms with Crippen LogP contribution in [0, 0.1) is 0 Å². The predicted octanol–water partition coefficient (Wildman–Crippen LogP) is -6.06. The molecular weight excluding hydrogens is 283 g/mol. The van der Waals surface area contributed by atoms with Gasteiger partial charge in [-0.3, -0.25) is 0 Å². The summed E-state index contributed by atoms with van der Waals surface area (Å²) < 4.78 is 0. The van der Waals surface area contributed by atoms with Crippen molar-refractivity contribution in [1.82, 2.24) is 0 Å². The van der Waals surface area contributed by atoms with E-state index < -0.39 is 11.9 Å². The Morgan fingerprint density at radius 2 is 0.750 bits per heavy atom. The van der Waals surface area contributed by atoms with E-state index in [0.29, 0.717) is 12.2 Å². The maximum Gasteiger partial charge on any atom is 0.328 e. The van der Waals surface area contributed by atoms with Crippen molar-refractivity contribution in [2.75, 3.05) is 0 Å². The van der Waals surface area contributed by atoms with Gasteiger partial charge in [0.05, 0.1) is 0 Å². The van der Waals surface area contributed by atoms with Crippen molar-refractivity contribution in [3.8, 4) is 0 Å². The smallest absolute Gasteiger partial charge is 0.328 e. The van der Waals surface area contributed by atoms with E-state index in [9.17, 15) is 9.59 Å². The molecule has 16 heavy (non-hydrogen) atoms. The summed E-state index contributed by atoms with van der Waals surface area (Å²) >= 11 is 0. The molecule has 109 valence electrons. The number of rotatable bonds is 2. The molecule has 0 aromatic heterocycles. The van der Waals surface area contributed by atoms with Gasteiger partial charge in [0.1, 0.15) is 0 Å². The number of hydrogen-bond donors (Lipinski definition) is 2. The largest absolute Gasteiger partial charge is 0.478 e. The molecule has 0 amide bonds. The number of carboxylic acids is 2. The normalized spacial score (nSPS) is 4.75. The second-order valence-electron chi connectivity index (χ2n) is 1.01. The first-order chi connectivity index (χ1) is 3.63. The third-order valence-corrected chi connectivity index (χ3v) is 0.368. The molecule has 0 aromatic carbocycles. The minimum atomic E-state index is -1.26. The van der Waals surface area contributed by atoms with Crippen molar-refractivity contribution in [3.63, 3.8) is 0 Å². The Bertz CT molecular complexity index is 129. The summed E-state index contributed by atoms with van der Waals surface area (Å²) in [6.07, 6.45) is 1.12. The van der Waals surface area contributed by atoms with Gasteiger partial charge in [0.2, 0.25) is 0 Å². The van der Waals surface area contributed by atoms with Gasteiger partial charge in [0, 0.05) is 28.9 Å². The summed E-state index contributed by atoms with van der Waals surface area (Å²) in [6, 6.07) is 0. The van der Waals surface area contributed by atoms with Gasteiger partial charge in [-0.25, -0.2) is 9.59 Å². The van der Waals surface area contributed by atoms with E-state index in [4.69, 9.17) is 10.2 Å². The van der Waals surface area contributed by atoms with Gasteiger partial charge in [-0.1, -0.05) is 0 Å². The van der Waals surface area contributed by atoms with E-state index in [1.54, 1.807) is 0 Å². The van der Waals surface area contributed by atoms with E-state index in [1.165, 1.54) is 0 Å². The van der Waals surface area contributed by atoms with Gasteiger partial charge in [-0.05, 0) is 0 Å². The second-order valence-corrected chi connectivity index (χ2v) is 1.01. The van der Waals surface area contributed by atoms with Gasteiger partial charge in [-0.15, -0.1) is 0 Å². The first-order valence-electron chi connectivity index (χ1n) is 1.77. The summed E-state index contributed by atoms with van der Waals surface area (Å²) in [7, 11) is 0. The van der Waals surface area contributed by atoms with Crippen LogP contribution >= 0.6 is 0 Å². The van der Waals surface area contributed by atoms with Gasteiger partial charge in [-0.2, -0.15) is 0 Å². The zero-order valence-corrected chi connectivity index (χ0v) is 8.74. The number of aliphatic carboxylic acids is 2. The van der Waals surface area contributed by atoms with Crippen LogP contribution in [0.5, 0.6) is 0 Å². The van der Waals surface area contributed by atoms with Crippen molar-refractivity contribution < 1.29 is 74.9 Å². The molecular formula is C4H18CoO11. The fourth-order valence-corrected chi connectivity index (χ4v) is 0.143. The van der Waals surface area contributed by atoms with Crippen LogP contribution in [0.15, 0.2) is 12.2 Å². The predicted molar refractivity (Wildman–Crippen MR) is 49.7 cm³/mol. The van der Waals surface area contributed by atoms with Crippen molar-refractivity contribution >= 4 is 11.9 Å². The van der Waals surface area contributed by atoms with E-state index in [2.05, 4.69) is 0 Å². The van der Waals surface area contributed by atoms with Crippen molar-refractivity contribution in [3.05, 3.63) is 12.2 Å². The Morgan fingerprint density at radius 3 is 0.812 bits per heavy atom. The minimum absolute atomic E-state index is 0. The second kappa shape index (κ2) is 48.6. The molecule has 0 rings (SSSR count). The molecule has 0 unspecified atom stereocenters. The summed E-state index contributed by atoms with van der Waals surface area (Å²) in [5.41, 5.74) is 0. The van der Waals surface area contributed by atoms with Crippen LogP contribution in [0.1, 0.15) is 0 Å². The van der Waals surface area contributed by atoms with Crippen LogP contribution < -0.4 is 0 Å². The van der Waals surface area contributed by atoms with Crippen molar-refractivity contribution in [1.29, 1.82) is 0 Å². The maximum absolute atomic E-state index is 9.55. The quantitative estimate of drug-likeness (QED) is 0.470. The van der Waals surface area contributed by atoms with E-state index in [0.717, 1.165) is 0 Å². The molecule has 0 bridgehead atoms. The average Bonchev–Trinajstić information content (AvgIpc) is 1.61. The Kier molecular flexibility index (Phi) is 251. The van der Waals surface area contributed by atoms with Crippen LogP contribution in [0.25, 0.3) is 0 Å². The molecule has 0 aliphatic carbocycles. The topological polar surface area (TPSA) is 295 Å². The maximum atomic E-state index is 9.55. The first kappa shape index (κ1) is 82.6. The SMILES string of the molecule is O.O.O.O.O.O.O.O=C(O)/C=C\C(=O)O.[Co]. The first-order valence-corrected chi connectivity index (χ1v) is 1.77. The molecule has 0 saturated carbocycles. The number of carbonyl (C=O) groups is 2. The molecule has 12 heteroatoms. The summed E-state index contributed by atoms with van der Waals surface area (Å²) in [5, 5.41) is 15.6. The molecule has 0 heterocycles. The van der Waals surface area contributed by atoms with Crippen molar-refractivity contribution in [2.24, 2.45) is 0 Å². The van der Waals surface area contributed by atoms with Crippen LogP contribution in [0.2, 0.25) is 0 Å². The molecule has 0 saturated heterocycles. The Balaban J connectivity index is -0.00000000875. The fourth-order valence-electron chi connectivity index (χ4n) is 0.143. The molecule has 0 aliphatic heterocycles. The number of hydrogen-bond acceptors (Lipinski definition) is 2. The molecule has 0 aromatic rings. The molecule has 0 aliphatic rings. The van der Waals surface area contributed by atoms with E-state index in [-0.39, 0.29) is 55.1 Å².